The topological polar surface area (TPSA) is 58.6 Å². The number of piperidine rings is 1. The van der Waals surface area contributed by atoms with Crippen molar-refractivity contribution in [1.29, 1.82) is 0 Å². The Kier molecular flexibility index (Phi) is 6.88. The number of likely N-dealkylation sites (tertiary alicyclic amines) is 1. The second kappa shape index (κ2) is 8.95. The van der Waals surface area contributed by atoms with Crippen LogP contribution in [0, 0.1) is 12.8 Å². The third-order valence-corrected chi connectivity index (χ3v) is 7.96. The molecule has 0 bridgehead atoms. The fraction of sp³-hybridized carbons (Fsp3) is 0.684. The summed E-state index contributed by atoms with van der Waals surface area (Å²) >= 11 is 2.05. The number of hydrogen-bond acceptors (Lipinski definition) is 5. The maximum Gasteiger partial charge on any atom is 0.240 e. The van der Waals surface area contributed by atoms with Crippen LogP contribution >= 0.6 is 11.8 Å². The largest absolute Gasteiger partial charge is 0.494 e. The summed E-state index contributed by atoms with van der Waals surface area (Å²) in [6.07, 6.45) is 3.46. The van der Waals surface area contributed by atoms with Crippen LogP contribution in [0.3, 0.4) is 0 Å². The predicted molar refractivity (Wildman–Crippen MR) is 108 cm³/mol. The Morgan fingerprint density at radius 3 is 2.65 bits per heavy atom. The van der Waals surface area contributed by atoms with Crippen molar-refractivity contribution in [1.82, 2.24) is 9.62 Å². The van der Waals surface area contributed by atoms with Crippen molar-refractivity contribution in [2.24, 2.45) is 5.92 Å². The van der Waals surface area contributed by atoms with Crippen molar-refractivity contribution in [2.45, 2.75) is 44.0 Å². The minimum atomic E-state index is -3.47. The molecule has 26 heavy (non-hydrogen) atoms. The van der Waals surface area contributed by atoms with Gasteiger partial charge in [-0.05, 0) is 81.6 Å². The molecule has 5 nitrogen and oxygen atoms in total. The van der Waals surface area contributed by atoms with E-state index in [1.165, 1.54) is 17.9 Å². The van der Waals surface area contributed by atoms with E-state index in [1.807, 2.05) is 13.8 Å². The average Bonchev–Trinajstić information content (AvgIpc) is 3.17. The quantitative estimate of drug-likeness (QED) is 0.765. The molecule has 7 heteroatoms. The van der Waals surface area contributed by atoms with Crippen molar-refractivity contribution in [2.75, 3.05) is 37.7 Å². The second-order valence-electron chi connectivity index (χ2n) is 7.21. The lowest BCUT2D eigenvalue weighted by Gasteiger charge is -2.35. The molecule has 2 heterocycles. The molecule has 1 unspecified atom stereocenters. The number of hydrogen-bond donors (Lipinski definition) is 1. The zero-order chi connectivity index (χ0) is 18.6. The Hall–Kier alpha value is -0.760. The number of nitrogens with one attached hydrogen (secondary N) is 1. The summed E-state index contributed by atoms with van der Waals surface area (Å²) in [5.41, 5.74) is 0.845. The summed E-state index contributed by atoms with van der Waals surface area (Å²) in [4.78, 5) is 2.92. The summed E-state index contributed by atoms with van der Waals surface area (Å²) in [7, 11) is -3.47. The molecule has 1 aromatic rings. The number of sulfonamides is 1. The maximum atomic E-state index is 12.6. The minimum Gasteiger partial charge on any atom is -0.494 e. The lowest BCUT2D eigenvalue weighted by Crippen LogP contribution is -2.43. The van der Waals surface area contributed by atoms with Gasteiger partial charge in [-0.15, -0.1) is 0 Å². The summed E-state index contributed by atoms with van der Waals surface area (Å²) < 4.78 is 33.5. The van der Waals surface area contributed by atoms with Gasteiger partial charge in [-0.1, -0.05) is 0 Å². The van der Waals surface area contributed by atoms with Gasteiger partial charge in [0.2, 0.25) is 10.0 Å². The van der Waals surface area contributed by atoms with Gasteiger partial charge in [0.1, 0.15) is 5.75 Å². The molecule has 2 aliphatic heterocycles. The van der Waals surface area contributed by atoms with Crippen molar-refractivity contribution < 1.29 is 13.2 Å². The molecule has 1 aromatic carbocycles. The summed E-state index contributed by atoms with van der Waals surface area (Å²) in [6.45, 7) is 7.09. The SMILES string of the molecule is CCOc1ccc(S(=O)(=O)NCC2CCN(C3CCSC3)CC2)cc1C. The standard InChI is InChI=1S/C19H30N2O3S2/c1-3-24-19-5-4-18(12-15(19)2)26(22,23)20-13-16-6-9-21(10-7-16)17-8-11-25-14-17/h4-5,12,16-17,20H,3,6-11,13-14H2,1-2H3. The Morgan fingerprint density at radius 2 is 2.04 bits per heavy atom. The molecule has 2 fully saturated rings. The smallest absolute Gasteiger partial charge is 0.240 e. The molecule has 2 saturated heterocycles. The molecule has 146 valence electrons. The molecule has 0 amide bonds. The van der Waals surface area contributed by atoms with Crippen LogP contribution in [0.2, 0.25) is 0 Å². The average molecular weight is 399 g/mol. The molecule has 0 radical (unpaired) electrons. The predicted octanol–water partition coefficient (Wildman–Crippen LogP) is 2.89. The number of aryl methyl sites for hydroxylation is 1. The first-order valence-corrected chi connectivity index (χ1v) is 12.2. The number of nitrogens with zero attached hydrogens (tertiary/aromatic N) is 1. The van der Waals surface area contributed by atoms with Crippen LogP contribution in [0.4, 0.5) is 0 Å². The van der Waals surface area contributed by atoms with Crippen LogP contribution in [0.1, 0.15) is 31.7 Å². The highest BCUT2D eigenvalue weighted by molar-refractivity contribution is 7.99. The van der Waals surface area contributed by atoms with E-state index in [1.54, 1.807) is 18.2 Å². The van der Waals surface area contributed by atoms with E-state index in [-0.39, 0.29) is 0 Å². The molecular formula is C19H30N2O3S2. The number of rotatable bonds is 7. The normalized spacial score (nSPS) is 22.6. The number of ether oxygens (including phenoxy) is 1. The van der Waals surface area contributed by atoms with Crippen LogP contribution < -0.4 is 9.46 Å². The summed E-state index contributed by atoms with van der Waals surface area (Å²) in [6, 6.07) is 5.80. The van der Waals surface area contributed by atoms with Crippen molar-refractivity contribution in [3.8, 4) is 5.75 Å². The Bertz CT molecular complexity index is 695. The van der Waals surface area contributed by atoms with Gasteiger partial charge in [0, 0.05) is 18.3 Å². The van der Waals surface area contributed by atoms with E-state index in [0.29, 0.717) is 24.0 Å². The first-order valence-electron chi connectivity index (χ1n) is 9.54. The molecule has 3 rings (SSSR count). The molecule has 0 aromatic heterocycles. The zero-order valence-electron chi connectivity index (χ0n) is 15.7. The summed E-state index contributed by atoms with van der Waals surface area (Å²) in [5, 5.41) is 0. The zero-order valence-corrected chi connectivity index (χ0v) is 17.4. The summed E-state index contributed by atoms with van der Waals surface area (Å²) in [5.74, 6) is 3.71. The molecule has 0 saturated carbocycles. The first-order chi connectivity index (χ1) is 12.5. The second-order valence-corrected chi connectivity index (χ2v) is 10.1. The highest BCUT2D eigenvalue weighted by Gasteiger charge is 2.28. The van der Waals surface area contributed by atoms with Crippen LogP contribution in [-0.4, -0.2) is 57.1 Å². The fourth-order valence-corrected chi connectivity index (χ4v) is 6.21. The van der Waals surface area contributed by atoms with Gasteiger partial charge < -0.3 is 4.74 Å². The fourth-order valence-electron chi connectivity index (χ4n) is 3.75. The van der Waals surface area contributed by atoms with E-state index < -0.39 is 10.0 Å². The van der Waals surface area contributed by atoms with Crippen molar-refractivity contribution >= 4 is 21.8 Å². The van der Waals surface area contributed by atoms with E-state index in [9.17, 15) is 8.42 Å². The molecule has 1 N–H and O–H groups in total. The Morgan fingerprint density at radius 1 is 1.27 bits per heavy atom. The van der Waals surface area contributed by atoms with Crippen LogP contribution in [0.25, 0.3) is 0 Å². The van der Waals surface area contributed by atoms with E-state index in [0.717, 1.165) is 43.3 Å². The van der Waals surface area contributed by atoms with Crippen molar-refractivity contribution in [3.63, 3.8) is 0 Å². The first kappa shape index (κ1) is 20.0. The van der Waals surface area contributed by atoms with Gasteiger partial charge in [0.15, 0.2) is 0 Å². The van der Waals surface area contributed by atoms with E-state index >= 15 is 0 Å². The van der Waals surface area contributed by atoms with Crippen LogP contribution in [-0.2, 0) is 10.0 Å². The number of thioether (sulfide) groups is 1. The van der Waals surface area contributed by atoms with Gasteiger partial charge in [-0.25, -0.2) is 13.1 Å². The molecular weight excluding hydrogens is 368 g/mol. The Balaban J connectivity index is 1.51. The third-order valence-electron chi connectivity index (χ3n) is 5.39. The molecule has 2 aliphatic rings. The van der Waals surface area contributed by atoms with E-state index in [4.69, 9.17) is 4.74 Å². The van der Waals surface area contributed by atoms with Crippen LogP contribution in [0.15, 0.2) is 23.1 Å². The molecule has 0 spiro atoms. The maximum absolute atomic E-state index is 12.6. The monoisotopic (exact) mass is 398 g/mol. The van der Waals surface area contributed by atoms with Gasteiger partial charge in [-0.2, -0.15) is 11.8 Å². The molecule has 1 atom stereocenters. The minimum absolute atomic E-state index is 0.318. The highest BCUT2D eigenvalue weighted by Crippen LogP contribution is 2.27. The van der Waals surface area contributed by atoms with Crippen LogP contribution in [0.5, 0.6) is 5.75 Å². The van der Waals surface area contributed by atoms with E-state index in [2.05, 4.69) is 21.4 Å². The van der Waals surface area contributed by atoms with Gasteiger partial charge in [0.25, 0.3) is 0 Å². The third kappa shape index (κ3) is 4.94. The lowest BCUT2D eigenvalue weighted by molar-refractivity contribution is 0.145. The van der Waals surface area contributed by atoms with Gasteiger partial charge in [0.05, 0.1) is 11.5 Å². The molecule has 0 aliphatic carbocycles. The van der Waals surface area contributed by atoms with Gasteiger partial charge >= 0.3 is 0 Å². The number of benzene rings is 1. The van der Waals surface area contributed by atoms with Crippen molar-refractivity contribution in [3.05, 3.63) is 23.8 Å². The highest BCUT2D eigenvalue weighted by atomic mass is 32.2. The Labute approximate surface area is 161 Å². The lowest BCUT2D eigenvalue weighted by atomic mass is 9.96. The van der Waals surface area contributed by atoms with Gasteiger partial charge in [-0.3, -0.25) is 4.90 Å².